The van der Waals surface area contributed by atoms with Crippen LogP contribution in [-0.2, 0) is 0 Å². The predicted octanol–water partition coefficient (Wildman–Crippen LogP) is 2.16. The Kier molecular flexibility index (Phi) is 5.14. The number of hydrogen-bond donors (Lipinski definition) is 1. The van der Waals surface area contributed by atoms with E-state index in [9.17, 15) is 5.11 Å². The van der Waals surface area contributed by atoms with Gasteiger partial charge in [0.1, 0.15) is 0 Å². The van der Waals surface area contributed by atoms with Gasteiger partial charge in [0.15, 0.2) is 0 Å². The summed E-state index contributed by atoms with van der Waals surface area (Å²) in [5.74, 6) is 0.274. The second-order valence-electron chi connectivity index (χ2n) is 2.40. The largest absolute Gasteiger partial charge is 0.391 e. The van der Waals surface area contributed by atoms with Gasteiger partial charge in [0.2, 0.25) is 0 Å². The summed E-state index contributed by atoms with van der Waals surface area (Å²) in [6, 6.07) is 0. The van der Waals surface area contributed by atoms with Gasteiger partial charge in [-0.1, -0.05) is 5.57 Å². The second-order valence-corrected chi connectivity index (χ2v) is 3.27. The molecule has 0 aromatic heterocycles. The van der Waals surface area contributed by atoms with Crippen molar-refractivity contribution in [3.05, 3.63) is 12.2 Å². The van der Waals surface area contributed by atoms with Crippen LogP contribution in [-0.4, -0.2) is 22.5 Å². The summed E-state index contributed by atoms with van der Waals surface area (Å²) in [4.78, 5) is 0. The van der Waals surface area contributed by atoms with Gasteiger partial charge in [0, 0.05) is 5.88 Å². The van der Waals surface area contributed by atoms with Gasteiger partial charge in [-0.15, -0.1) is 29.8 Å². The van der Waals surface area contributed by atoms with Gasteiger partial charge in [-0.05, 0) is 13.3 Å². The van der Waals surface area contributed by atoms with E-state index in [2.05, 4.69) is 6.58 Å². The van der Waals surface area contributed by atoms with Crippen molar-refractivity contribution in [2.24, 2.45) is 0 Å². The Hall–Kier alpha value is 0.280. The van der Waals surface area contributed by atoms with Crippen LogP contribution in [0.4, 0.5) is 0 Å². The Morgan fingerprint density at radius 2 is 2.20 bits per heavy atom. The normalized spacial score (nSPS) is 16.4. The molecule has 0 saturated heterocycles. The standard InChI is InChI=1S/C7H12Cl2O/c1-5(2)3-7(10)6(9)4-8/h6-7,10H,1,3-4H2,2H3/t6-,7-/m1/s1. The molecule has 0 unspecified atom stereocenters. The average Bonchev–Trinajstić information content (AvgIpc) is 1.85. The molecule has 0 radical (unpaired) electrons. The molecule has 0 aromatic rings. The summed E-state index contributed by atoms with van der Waals surface area (Å²) >= 11 is 11.0. The summed E-state index contributed by atoms with van der Waals surface area (Å²) in [6.45, 7) is 5.50. The molecule has 0 fully saturated rings. The van der Waals surface area contributed by atoms with Crippen molar-refractivity contribution < 1.29 is 5.11 Å². The summed E-state index contributed by atoms with van der Waals surface area (Å²) in [5.41, 5.74) is 0.920. The van der Waals surface area contributed by atoms with Gasteiger partial charge in [-0.25, -0.2) is 0 Å². The first-order chi connectivity index (χ1) is 4.57. The first kappa shape index (κ1) is 10.3. The molecule has 1 nitrogen and oxygen atoms in total. The van der Waals surface area contributed by atoms with E-state index in [0.29, 0.717) is 6.42 Å². The Bertz CT molecular complexity index is 114. The van der Waals surface area contributed by atoms with Gasteiger partial charge in [-0.3, -0.25) is 0 Å². The number of rotatable bonds is 4. The molecule has 3 heteroatoms. The highest BCUT2D eigenvalue weighted by Gasteiger charge is 2.14. The average molecular weight is 183 g/mol. The van der Waals surface area contributed by atoms with E-state index in [1.807, 2.05) is 6.92 Å². The van der Waals surface area contributed by atoms with Gasteiger partial charge < -0.3 is 5.11 Å². The fraction of sp³-hybridized carbons (Fsp3) is 0.714. The van der Waals surface area contributed by atoms with E-state index in [1.54, 1.807) is 0 Å². The lowest BCUT2D eigenvalue weighted by atomic mass is 10.1. The minimum atomic E-state index is -0.559. The Morgan fingerprint density at radius 3 is 2.50 bits per heavy atom. The lowest BCUT2D eigenvalue weighted by Gasteiger charge is -2.13. The van der Waals surface area contributed by atoms with E-state index in [1.165, 1.54) is 0 Å². The van der Waals surface area contributed by atoms with E-state index in [-0.39, 0.29) is 11.3 Å². The molecule has 0 rings (SSSR count). The van der Waals surface area contributed by atoms with E-state index in [4.69, 9.17) is 23.2 Å². The van der Waals surface area contributed by atoms with Crippen molar-refractivity contribution in [2.45, 2.75) is 24.8 Å². The lowest BCUT2D eigenvalue weighted by Crippen LogP contribution is -2.22. The van der Waals surface area contributed by atoms with Crippen molar-refractivity contribution in [1.82, 2.24) is 0 Å². The molecule has 10 heavy (non-hydrogen) atoms. The minimum absolute atomic E-state index is 0.274. The summed E-state index contributed by atoms with van der Waals surface area (Å²) in [5, 5.41) is 8.85. The van der Waals surface area contributed by atoms with E-state index in [0.717, 1.165) is 5.57 Å². The van der Waals surface area contributed by atoms with Crippen LogP contribution in [0.3, 0.4) is 0 Å². The molecule has 0 spiro atoms. The summed E-state index contributed by atoms with van der Waals surface area (Å²) in [6.07, 6.45) is -0.0300. The van der Waals surface area contributed by atoms with Crippen molar-refractivity contribution in [3.63, 3.8) is 0 Å². The third-order valence-corrected chi connectivity index (χ3v) is 2.06. The second kappa shape index (κ2) is 5.00. The highest BCUT2D eigenvalue weighted by Crippen LogP contribution is 2.12. The highest BCUT2D eigenvalue weighted by molar-refractivity contribution is 6.28. The van der Waals surface area contributed by atoms with Crippen molar-refractivity contribution in [1.29, 1.82) is 0 Å². The maximum absolute atomic E-state index is 9.21. The highest BCUT2D eigenvalue weighted by atomic mass is 35.5. The molecule has 0 aliphatic carbocycles. The Labute approximate surface area is 71.6 Å². The molecule has 0 aliphatic rings. The SMILES string of the molecule is C=C(C)C[C@@H](O)[C@H](Cl)CCl. The third kappa shape index (κ3) is 4.15. The molecule has 0 amide bonds. The molecular weight excluding hydrogens is 171 g/mol. The van der Waals surface area contributed by atoms with Crippen LogP contribution in [0.2, 0.25) is 0 Å². The van der Waals surface area contributed by atoms with Gasteiger partial charge in [0.05, 0.1) is 11.5 Å². The zero-order valence-corrected chi connectivity index (χ0v) is 7.49. The molecular formula is C7H12Cl2O. The van der Waals surface area contributed by atoms with Gasteiger partial charge in [0.25, 0.3) is 0 Å². The van der Waals surface area contributed by atoms with Crippen LogP contribution in [0, 0.1) is 0 Å². The van der Waals surface area contributed by atoms with E-state index >= 15 is 0 Å². The monoisotopic (exact) mass is 182 g/mol. The van der Waals surface area contributed by atoms with Crippen LogP contribution in [0.5, 0.6) is 0 Å². The number of alkyl halides is 2. The van der Waals surface area contributed by atoms with Crippen LogP contribution in [0.15, 0.2) is 12.2 Å². The smallest absolute Gasteiger partial charge is 0.0752 e. The van der Waals surface area contributed by atoms with Crippen molar-refractivity contribution in [3.8, 4) is 0 Å². The number of aliphatic hydroxyl groups excluding tert-OH is 1. The lowest BCUT2D eigenvalue weighted by molar-refractivity contribution is 0.175. The zero-order chi connectivity index (χ0) is 8.15. The maximum atomic E-state index is 9.21. The molecule has 60 valence electrons. The fourth-order valence-corrected chi connectivity index (χ4v) is 0.882. The quantitative estimate of drug-likeness (QED) is 0.523. The topological polar surface area (TPSA) is 20.2 Å². The van der Waals surface area contributed by atoms with Gasteiger partial charge >= 0.3 is 0 Å². The molecule has 0 aromatic carbocycles. The van der Waals surface area contributed by atoms with Crippen molar-refractivity contribution >= 4 is 23.2 Å². The third-order valence-electron chi connectivity index (χ3n) is 1.12. The summed E-state index contributed by atoms with van der Waals surface area (Å²) < 4.78 is 0. The van der Waals surface area contributed by atoms with E-state index < -0.39 is 6.10 Å². The minimum Gasteiger partial charge on any atom is -0.391 e. The first-order valence-corrected chi connectivity index (χ1v) is 4.07. The Balaban J connectivity index is 3.61. The molecule has 2 atom stereocenters. The van der Waals surface area contributed by atoms with Crippen LogP contribution >= 0.6 is 23.2 Å². The molecule has 0 bridgehead atoms. The number of hydrogen-bond acceptors (Lipinski definition) is 1. The van der Waals surface area contributed by atoms with Crippen LogP contribution in [0.25, 0.3) is 0 Å². The number of aliphatic hydroxyl groups is 1. The maximum Gasteiger partial charge on any atom is 0.0752 e. The molecule has 0 saturated carbocycles. The predicted molar refractivity (Wildman–Crippen MR) is 45.8 cm³/mol. The molecule has 0 aliphatic heterocycles. The zero-order valence-electron chi connectivity index (χ0n) is 5.98. The first-order valence-electron chi connectivity index (χ1n) is 3.10. The fourth-order valence-electron chi connectivity index (χ4n) is 0.588. The summed E-state index contributed by atoms with van der Waals surface area (Å²) in [7, 11) is 0. The molecule has 1 N–H and O–H groups in total. The van der Waals surface area contributed by atoms with Crippen LogP contribution < -0.4 is 0 Å². The van der Waals surface area contributed by atoms with Crippen molar-refractivity contribution in [2.75, 3.05) is 5.88 Å². The Morgan fingerprint density at radius 1 is 1.70 bits per heavy atom. The number of halogens is 2. The van der Waals surface area contributed by atoms with Crippen LogP contribution in [0.1, 0.15) is 13.3 Å². The van der Waals surface area contributed by atoms with Gasteiger partial charge in [-0.2, -0.15) is 0 Å². The molecule has 0 heterocycles.